The predicted octanol–water partition coefficient (Wildman–Crippen LogP) is 3.78. The summed E-state index contributed by atoms with van der Waals surface area (Å²) in [7, 11) is 0. The van der Waals surface area contributed by atoms with Crippen molar-refractivity contribution >= 4 is 23.4 Å². The average molecular weight is 411 g/mol. The molecule has 0 unspecified atom stereocenters. The summed E-state index contributed by atoms with van der Waals surface area (Å²) in [5, 5.41) is 0. The van der Waals surface area contributed by atoms with Crippen LogP contribution in [0.2, 0.25) is 0 Å². The number of pyridine rings is 1. The van der Waals surface area contributed by atoms with Gasteiger partial charge >= 0.3 is 0 Å². The second-order valence-electron chi connectivity index (χ2n) is 7.96. The predicted molar refractivity (Wildman–Crippen MR) is 116 cm³/mol. The van der Waals surface area contributed by atoms with E-state index in [9.17, 15) is 14.4 Å². The monoisotopic (exact) mass is 411 g/mol. The SMILES string of the molecule is Cc1cccc2c1N(C(=O)c1ccc3c(c1)C(=O)N(Cc1ccncc1)C3=O)CCC2. The fourth-order valence-electron chi connectivity index (χ4n) is 4.44. The van der Waals surface area contributed by atoms with Crippen LogP contribution in [0.25, 0.3) is 0 Å². The number of nitrogens with zero attached hydrogens (tertiary/aromatic N) is 3. The summed E-state index contributed by atoms with van der Waals surface area (Å²) < 4.78 is 0. The third-order valence-corrected chi connectivity index (χ3v) is 5.97. The van der Waals surface area contributed by atoms with Crippen molar-refractivity contribution in [2.24, 2.45) is 0 Å². The van der Waals surface area contributed by atoms with Crippen LogP contribution >= 0.6 is 0 Å². The first kappa shape index (κ1) is 19.2. The van der Waals surface area contributed by atoms with Gasteiger partial charge in [0.2, 0.25) is 0 Å². The minimum Gasteiger partial charge on any atom is -0.308 e. The number of aryl methyl sites for hydroxylation is 2. The van der Waals surface area contributed by atoms with Gasteiger partial charge in [0, 0.05) is 24.5 Å². The lowest BCUT2D eigenvalue weighted by Gasteiger charge is -2.31. The van der Waals surface area contributed by atoms with Crippen molar-refractivity contribution < 1.29 is 14.4 Å². The minimum absolute atomic E-state index is 0.147. The Bertz CT molecular complexity index is 1220. The Morgan fingerprint density at radius 3 is 2.58 bits per heavy atom. The van der Waals surface area contributed by atoms with Crippen LogP contribution in [0, 0.1) is 6.92 Å². The summed E-state index contributed by atoms with van der Waals surface area (Å²) in [6, 6.07) is 14.4. The van der Waals surface area contributed by atoms with E-state index in [1.807, 2.05) is 19.1 Å². The van der Waals surface area contributed by atoms with Crippen molar-refractivity contribution in [3.63, 3.8) is 0 Å². The van der Waals surface area contributed by atoms with Gasteiger partial charge in [0.15, 0.2) is 0 Å². The zero-order valence-corrected chi connectivity index (χ0v) is 17.2. The second kappa shape index (κ2) is 7.47. The van der Waals surface area contributed by atoms with Crippen molar-refractivity contribution in [1.82, 2.24) is 9.88 Å². The molecule has 0 spiro atoms. The normalized spacial score (nSPS) is 15.1. The van der Waals surface area contributed by atoms with Gasteiger partial charge in [-0.1, -0.05) is 18.2 Å². The third-order valence-electron chi connectivity index (χ3n) is 5.97. The molecule has 0 radical (unpaired) electrons. The van der Waals surface area contributed by atoms with Crippen LogP contribution in [0.15, 0.2) is 60.9 Å². The molecular formula is C25H21N3O3. The molecule has 154 valence electrons. The molecule has 0 saturated heterocycles. The number of rotatable bonds is 3. The smallest absolute Gasteiger partial charge is 0.261 e. The fourth-order valence-corrected chi connectivity index (χ4v) is 4.44. The number of hydrogen-bond acceptors (Lipinski definition) is 4. The van der Waals surface area contributed by atoms with E-state index in [-0.39, 0.29) is 29.8 Å². The molecule has 0 saturated carbocycles. The van der Waals surface area contributed by atoms with E-state index in [1.54, 1.807) is 47.6 Å². The van der Waals surface area contributed by atoms with Gasteiger partial charge < -0.3 is 4.90 Å². The Morgan fingerprint density at radius 2 is 1.77 bits per heavy atom. The number of carbonyl (C=O) groups excluding carboxylic acids is 3. The largest absolute Gasteiger partial charge is 0.308 e. The Balaban J connectivity index is 1.46. The Hall–Kier alpha value is -3.80. The molecule has 2 aliphatic heterocycles. The highest BCUT2D eigenvalue weighted by atomic mass is 16.2. The lowest BCUT2D eigenvalue weighted by molar-refractivity contribution is 0.0642. The Morgan fingerprint density at radius 1 is 1.00 bits per heavy atom. The standard InChI is InChI=1S/C25H21N3O3/c1-16-4-2-5-18-6-3-13-27(22(16)18)23(29)19-7-8-20-21(14-19)25(31)28(24(20)30)15-17-9-11-26-12-10-17/h2,4-5,7-12,14H,3,6,13,15H2,1H3. The average Bonchev–Trinajstić information content (AvgIpc) is 3.03. The molecule has 2 aromatic carbocycles. The number of fused-ring (bicyclic) bond motifs is 2. The lowest BCUT2D eigenvalue weighted by atomic mass is 9.97. The van der Waals surface area contributed by atoms with Gasteiger partial charge in [-0.05, 0) is 66.8 Å². The van der Waals surface area contributed by atoms with E-state index in [4.69, 9.17) is 0 Å². The zero-order chi connectivity index (χ0) is 21.5. The number of hydrogen-bond donors (Lipinski definition) is 0. The third kappa shape index (κ3) is 3.20. The molecule has 0 N–H and O–H groups in total. The van der Waals surface area contributed by atoms with Gasteiger partial charge in [0.25, 0.3) is 17.7 Å². The van der Waals surface area contributed by atoms with Gasteiger partial charge in [-0.3, -0.25) is 24.3 Å². The van der Waals surface area contributed by atoms with E-state index in [0.717, 1.165) is 35.2 Å². The molecule has 0 fully saturated rings. The maximum atomic E-state index is 13.4. The van der Waals surface area contributed by atoms with Crippen LogP contribution in [0.1, 0.15) is 54.2 Å². The molecule has 5 rings (SSSR count). The van der Waals surface area contributed by atoms with E-state index < -0.39 is 0 Å². The molecular weight excluding hydrogens is 390 g/mol. The van der Waals surface area contributed by atoms with Crippen LogP contribution < -0.4 is 4.90 Å². The first-order chi connectivity index (χ1) is 15.0. The summed E-state index contributed by atoms with van der Waals surface area (Å²) in [5.74, 6) is -0.859. The summed E-state index contributed by atoms with van der Waals surface area (Å²) >= 11 is 0. The summed E-state index contributed by atoms with van der Waals surface area (Å²) in [5.41, 5.74) is 5.04. The first-order valence-electron chi connectivity index (χ1n) is 10.3. The molecule has 0 atom stereocenters. The van der Waals surface area contributed by atoms with Crippen LogP contribution in [-0.2, 0) is 13.0 Å². The highest BCUT2D eigenvalue weighted by Crippen LogP contribution is 2.32. The maximum absolute atomic E-state index is 13.4. The Kier molecular flexibility index (Phi) is 4.62. The minimum atomic E-state index is -0.373. The van der Waals surface area contributed by atoms with E-state index in [0.29, 0.717) is 17.7 Å². The van der Waals surface area contributed by atoms with E-state index in [2.05, 4.69) is 11.1 Å². The van der Waals surface area contributed by atoms with Crippen LogP contribution in [0.3, 0.4) is 0 Å². The molecule has 6 nitrogen and oxygen atoms in total. The highest BCUT2D eigenvalue weighted by molar-refractivity contribution is 6.22. The van der Waals surface area contributed by atoms with Gasteiger partial charge in [-0.2, -0.15) is 0 Å². The van der Waals surface area contributed by atoms with Crippen LogP contribution in [-0.4, -0.2) is 34.2 Å². The number of anilines is 1. The van der Waals surface area contributed by atoms with Gasteiger partial charge in [-0.25, -0.2) is 0 Å². The van der Waals surface area contributed by atoms with Crippen LogP contribution in [0.5, 0.6) is 0 Å². The lowest BCUT2D eigenvalue weighted by Crippen LogP contribution is -2.36. The summed E-state index contributed by atoms with van der Waals surface area (Å²) in [6.45, 7) is 2.82. The van der Waals surface area contributed by atoms with E-state index >= 15 is 0 Å². The fraction of sp³-hybridized carbons (Fsp3) is 0.200. The number of carbonyl (C=O) groups is 3. The number of para-hydroxylation sites is 1. The van der Waals surface area contributed by atoms with Crippen molar-refractivity contribution in [3.8, 4) is 0 Å². The zero-order valence-electron chi connectivity index (χ0n) is 17.2. The van der Waals surface area contributed by atoms with Crippen molar-refractivity contribution in [2.75, 3.05) is 11.4 Å². The number of aromatic nitrogens is 1. The Labute approximate surface area is 180 Å². The molecule has 31 heavy (non-hydrogen) atoms. The van der Waals surface area contributed by atoms with Gasteiger partial charge in [-0.15, -0.1) is 0 Å². The van der Waals surface area contributed by atoms with E-state index in [1.165, 1.54) is 4.90 Å². The highest BCUT2D eigenvalue weighted by Gasteiger charge is 2.36. The number of imide groups is 1. The second-order valence-corrected chi connectivity index (χ2v) is 7.96. The summed E-state index contributed by atoms with van der Waals surface area (Å²) in [4.78, 5) is 46.1. The van der Waals surface area contributed by atoms with Crippen LogP contribution in [0.4, 0.5) is 5.69 Å². The van der Waals surface area contributed by atoms with Crippen molar-refractivity contribution in [3.05, 3.63) is 94.3 Å². The van der Waals surface area contributed by atoms with Gasteiger partial charge in [0.1, 0.15) is 0 Å². The van der Waals surface area contributed by atoms with Crippen molar-refractivity contribution in [1.29, 1.82) is 0 Å². The molecule has 3 heterocycles. The van der Waals surface area contributed by atoms with Crippen molar-refractivity contribution in [2.45, 2.75) is 26.3 Å². The maximum Gasteiger partial charge on any atom is 0.261 e. The molecule has 0 bridgehead atoms. The first-order valence-corrected chi connectivity index (χ1v) is 10.3. The molecule has 0 aliphatic carbocycles. The molecule has 2 aliphatic rings. The molecule has 3 aromatic rings. The molecule has 1 aromatic heterocycles. The number of benzene rings is 2. The topological polar surface area (TPSA) is 70.6 Å². The number of amides is 3. The summed E-state index contributed by atoms with van der Waals surface area (Å²) in [6.07, 6.45) is 5.09. The quantitative estimate of drug-likeness (QED) is 0.615. The molecule has 3 amide bonds. The molecule has 6 heteroatoms. The van der Waals surface area contributed by atoms with Gasteiger partial charge in [0.05, 0.1) is 23.4 Å².